The third-order valence-corrected chi connectivity index (χ3v) is 6.90. The van der Waals surface area contributed by atoms with E-state index in [-0.39, 0.29) is 5.91 Å². The van der Waals surface area contributed by atoms with Crippen molar-refractivity contribution in [1.82, 2.24) is 14.9 Å². The molecule has 1 aromatic carbocycles. The molecule has 0 saturated carbocycles. The fraction of sp³-hybridized carbons (Fsp3) is 0.391. The molecule has 3 aromatic rings. The topological polar surface area (TPSA) is 87.7 Å². The summed E-state index contributed by atoms with van der Waals surface area (Å²) in [6.45, 7) is 9.04. The molecule has 32 heavy (non-hydrogen) atoms. The van der Waals surface area contributed by atoms with E-state index < -0.39 is 5.97 Å². The highest BCUT2D eigenvalue weighted by Crippen LogP contribution is 2.35. The molecule has 3 heterocycles. The molecular weight excluding hydrogens is 426 g/mol. The highest BCUT2D eigenvalue weighted by atomic mass is 32.1. The van der Waals surface area contributed by atoms with Gasteiger partial charge >= 0.3 is 5.97 Å². The second-order valence-electron chi connectivity index (χ2n) is 7.75. The third kappa shape index (κ3) is 4.31. The van der Waals surface area contributed by atoms with Gasteiger partial charge in [0.25, 0.3) is 5.91 Å². The molecule has 1 aliphatic rings. The number of anilines is 2. The van der Waals surface area contributed by atoms with Gasteiger partial charge in [-0.1, -0.05) is 19.1 Å². The van der Waals surface area contributed by atoms with Gasteiger partial charge < -0.3 is 15.0 Å². The van der Waals surface area contributed by atoms with E-state index in [2.05, 4.69) is 32.0 Å². The molecule has 0 radical (unpaired) electrons. The van der Waals surface area contributed by atoms with Crippen LogP contribution in [0.2, 0.25) is 0 Å². The van der Waals surface area contributed by atoms with Crippen LogP contribution in [0.15, 0.2) is 30.6 Å². The minimum Gasteiger partial charge on any atom is -0.465 e. The van der Waals surface area contributed by atoms with Crippen LogP contribution in [0, 0.1) is 6.92 Å². The van der Waals surface area contributed by atoms with Crippen LogP contribution in [0.4, 0.5) is 11.5 Å². The van der Waals surface area contributed by atoms with Gasteiger partial charge in [-0.3, -0.25) is 9.69 Å². The van der Waals surface area contributed by atoms with Gasteiger partial charge in [0.2, 0.25) is 0 Å². The van der Waals surface area contributed by atoms with Crippen LogP contribution in [0.25, 0.3) is 10.2 Å². The fourth-order valence-corrected chi connectivity index (χ4v) is 5.11. The van der Waals surface area contributed by atoms with Gasteiger partial charge in [-0.2, -0.15) is 0 Å². The summed E-state index contributed by atoms with van der Waals surface area (Å²) in [6.07, 6.45) is 2.72. The van der Waals surface area contributed by atoms with E-state index in [4.69, 9.17) is 4.74 Å². The maximum atomic E-state index is 13.1. The van der Waals surface area contributed by atoms with Gasteiger partial charge in [-0.15, -0.1) is 11.3 Å². The first kappa shape index (κ1) is 22.2. The normalized spacial score (nSPS) is 14.5. The van der Waals surface area contributed by atoms with Gasteiger partial charge in [-0.25, -0.2) is 14.8 Å². The van der Waals surface area contributed by atoms with E-state index in [1.54, 1.807) is 30.6 Å². The van der Waals surface area contributed by atoms with E-state index in [1.165, 1.54) is 18.4 Å². The van der Waals surface area contributed by atoms with Crippen LogP contribution in [0.5, 0.6) is 0 Å². The Kier molecular flexibility index (Phi) is 6.66. The number of carbonyl (C=O) groups excluding carboxylic acids is 2. The summed E-state index contributed by atoms with van der Waals surface area (Å²) in [5.41, 5.74) is 1.58. The predicted molar refractivity (Wildman–Crippen MR) is 127 cm³/mol. The molecule has 2 aromatic heterocycles. The molecule has 0 spiro atoms. The summed E-state index contributed by atoms with van der Waals surface area (Å²) < 4.78 is 4.83. The van der Waals surface area contributed by atoms with Gasteiger partial charge in [0.15, 0.2) is 0 Å². The largest absolute Gasteiger partial charge is 0.465 e. The van der Waals surface area contributed by atoms with Crippen LogP contribution < -0.4 is 10.2 Å². The van der Waals surface area contributed by atoms with Crippen LogP contribution in [-0.4, -0.2) is 66.6 Å². The van der Waals surface area contributed by atoms with E-state index in [0.29, 0.717) is 16.1 Å². The first-order chi connectivity index (χ1) is 15.5. The maximum Gasteiger partial charge on any atom is 0.339 e. The molecule has 8 nitrogen and oxygen atoms in total. The number of nitrogens with one attached hydrogen (secondary N) is 1. The number of methoxy groups -OCH3 is 1. The third-order valence-electron chi connectivity index (χ3n) is 5.71. The molecule has 1 N–H and O–H groups in total. The Labute approximate surface area is 191 Å². The number of hydrogen-bond donors (Lipinski definition) is 1. The number of fused-ring (bicyclic) bond motifs is 1. The predicted octanol–water partition coefficient (Wildman–Crippen LogP) is 3.57. The maximum absolute atomic E-state index is 13.1. The Morgan fingerprint density at radius 2 is 1.91 bits per heavy atom. The van der Waals surface area contributed by atoms with Crippen molar-refractivity contribution in [1.29, 1.82) is 0 Å². The number of hydrogen-bond acceptors (Lipinski definition) is 8. The second-order valence-corrected chi connectivity index (χ2v) is 8.75. The highest BCUT2D eigenvalue weighted by molar-refractivity contribution is 7.20. The molecule has 1 amide bonds. The van der Waals surface area contributed by atoms with Crippen molar-refractivity contribution < 1.29 is 14.3 Å². The lowest BCUT2D eigenvalue weighted by atomic mass is 10.1. The van der Waals surface area contributed by atoms with Crippen molar-refractivity contribution in [2.45, 2.75) is 20.3 Å². The van der Waals surface area contributed by atoms with Gasteiger partial charge in [0.05, 0.1) is 28.6 Å². The molecule has 4 rings (SSSR count). The number of aryl methyl sites for hydroxylation is 1. The standard InChI is InChI=1S/C23H27N5O3S/c1-4-9-27-10-12-28(13-11-27)20-18-15(2)19(32-22(18)25-14-24-20)21(29)26-17-8-6-5-7-16(17)23(30)31-3/h5-8,14H,4,9-13H2,1-3H3,(H,26,29). The molecule has 1 aliphatic heterocycles. The quantitative estimate of drug-likeness (QED) is 0.571. The lowest BCUT2D eigenvalue weighted by Gasteiger charge is -2.35. The van der Waals surface area contributed by atoms with Crippen LogP contribution in [0.3, 0.4) is 0 Å². The number of benzene rings is 1. The lowest BCUT2D eigenvalue weighted by Crippen LogP contribution is -2.46. The summed E-state index contributed by atoms with van der Waals surface area (Å²) in [6, 6.07) is 6.81. The van der Waals surface area contributed by atoms with Crippen molar-refractivity contribution in [2.75, 3.05) is 50.1 Å². The zero-order chi connectivity index (χ0) is 22.7. The number of piperazine rings is 1. The number of carbonyl (C=O) groups is 2. The first-order valence-electron chi connectivity index (χ1n) is 10.7. The summed E-state index contributed by atoms with van der Waals surface area (Å²) in [7, 11) is 1.32. The van der Waals surface area contributed by atoms with E-state index >= 15 is 0 Å². The van der Waals surface area contributed by atoms with Gasteiger partial charge in [-0.05, 0) is 37.6 Å². The van der Waals surface area contributed by atoms with Crippen molar-refractivity contribution in [3.8, 4) is 0 Å². The van der Waals surface area contributed by atoms with Crippen LogP contribution in [-0.2, 0) is 4.74 Å². The molecule has 9 heteroatoms. The smallest absolute Gasteiger partial charge is 0.339 e. The summed E-state index contributed by atoms with van der Waals surface area (Å²) in [4.78, 5) is 40.3. The Morgan fingerprint density at radius 1 is 1.16 bits per heavy atom. The van der Waals surface area contributed by atoms with Crippen molar-refractivity contribution >= 4 is 44.9 Å². The molecule has 0 unspecified atom stereocenters. The Hall–Kier alpha value is -3.04. The van der Waals surface area contributed by atoms with Crippen LogP contribution >= 0.6 is 11.3 Å². The number of thiophene rings is 1. The monoisotopic (exact) mass is 453 g/mol. The number of para-hydroxylation sites is 1. The molecule has 1 fully saturated rings. The highest BCUT2D eigenvalue weighted by Gasteiger charge is 2.25. The van der Waals surface area contributed by atoms with E-state index in [9.17, 15) is 9.59 Å². The number of amides is 1. The zero-order valence-electron chi connectivity index (χ0n) is 18.6. The van der Waals surface area contributed by atoms with Gasteiger partial charge in [0.1, 0.15) is 17.0 Å². The fourth-order valence-electron chi connectivity index (χ4n) is 4.07. The Balaban J connectivity index is 1.62. The summed E-state index contributed by atoms with van der Waals surface area (Å²) in [5, 5.41) is 3.79. The van der Waals surface area contributed by atoms with Crippen molar-refractivity contribution in [3.05, 3.63) is 46.6 Å². The number of esters is 1. The minimum absolute atomic E-state index is 0.277. The average molecular weight is 454 g/mol. The zero-order valence-corrected chi connectivity index (χ0v) is 19.4. The molecular formula is C23H27N5O3S. The minimum atomic E-state index is -0.496. The number of rotatable bonds is 6. The van der Waals surface area contributed by atoms with E-state index in [0.717, 1.165) is 60.7 Å². The molecule has 168 valence electrons. The average Bonchev–Trinajstić information content (AvgIpc) is 3.16. The van der Waals surface area contributed by atoms with E-state index in [1.807, 2.05) is 6.92 Å². The number of ether oxygens (including phenoxy) is 1. The second kappa shape index (κ2) is 9.62. The van der Waals surface area contributed by atoms with Crippen molar-refractivity contribution in [3.63, 3.8) is 0 Å². The Morgan fingerprint density at radius 3 is 2.62 bits per heavy atom. The van der Waals surface area contributed by atoms with Crippen molar-refractivity contribution in [2.24, 2.45) is 0 Å². The molecule has 0 aliphatic carbocycles. The summed E-state index contributed by atoms with van der Waals surface area (Å²) in [5.74, 6) is 0.110. The summed E-state index contributed by atoms with van der Waals surface area (Å²) >= 11 is 1.34. The van der Waals surface area contributed by atoms with Gasteiger partial charge in [0, 0.05) is 26.2 Å². The number of aromatic nitrogens is 2. The molecule has 1 saturated heterocycles. The Bertz CT molecular complexity index is 1140. The SMILES string of the molecule is CCCN1CCN(c2ncnc3sc(C(=O)Nc4ccccc4C(=O)OC)c(C)c23)CC1. The first-order valence-corrected chi connectivity index (χ1v) is 11.5. The lowest BCUT2D eigenvalue weighted by molar-refractivity contribution is 0.0602. The van der Waals surface area contributed by atoms with Crippen LogP contribution in [0.1, 0.15) is 38.9 Å². The number of nitrogens with zero attached hydrogens (tertiary/aromatic N) is 4. The molecule has 0 bridgehead atoms. The molecule has 0 atom stereocenters.